The smallest absolute Gasteiger partial charge is 0.235 e. The summed E-state index contributed by atoms with van der Waals surface area (Å²) in [7, 11) is 0. The highest BCUT2D eigenvalue weighted by Crippen LogP contribution is 2.24. The minimum Gasteiger partial charge on any atom is -0.352 e. The molecular weight excluding hydrogens is 162 g/mol. The molecule has 0 bridgehead atoms. The fraction of sp³-hybridized carbons (Fsp3) is 0.875. The van der Waals surface area contributed by atoms with Gasteiger partial charge in [0.15, 0.2) is 0 Å². The molecule has 2 nitrogen and oxygen atoms in total. The lowest BCUT2D eigenvalue weighted by molar-refractivity contribution is -0.119. The molecule has 1 rings (SSSR count). The van der Waals surface area contributed by atoms with E-state index < -0.39 is 0 Å². The molecule has 1 aliphatic carbocycles. The van der Waals surface area contributed by atoms with Crippen molar-refractivity contribution in [1.29, 1.82) is 0 Å². The predicted molar refractivity (Wildman–Crippen MR) is 45.7 cm³/mol. The Morgan fingerprint density at radius 2 is 2.36 bits per heavy atom. The van der Waals surface area contributed by atoms with Crippen molar-refractivity contribution in [2.45, 2.75) is 32.2 Å². The number of nitrogens with one attached hydrogen (secondary N) is 1. The molecule has 1 N–H and O–H groups in total. The summed E-state index contributed by atoms with van der Waals surface area (Å²) in [5.41, 5.74) is 0. The lowest BCUT2D eigenvalue weighted by Crippen LogP contribution is -2.37. The van der Waals surface area contributed by atoms with Crippen molar-refractivity contribution in [3.63, 3.8) is 0 Å². The number of halogens is 1. The van der Waals surface area contributed by atoms with Gasteiger partial charge in [0.25, 0.3) is 0 Å². The molecule has 1 saturated carbocycles. The third kappa shape index (κ3) is 2.37. The molecular formula is C8H14ClNO. The molecule has 0 saturated heterocycles. The van der Waals surface area contributed by atoms with E-state index in [0.29, 0.717) is 12.0 Å². The van der Waals surface area contributed by atoms with Crippen LogP contribution in [-0.4, -0.2) is 17.8 Å². The summed E-state index contributed by atoms with van der Waals surface area (Å²) in [6.45, 7) is 2.17. The van der Waals surface area contributed by atoms with Gasteiger partial charge in [0.05, 0.1) is 0 Å². The Morgan fingerprint density at radius 3 is 2.82 bits per heavy atom. The van der Waals surface area contributed by atoms with Crippen LogP contribution in [0.2, 0.25) is 0 Å². The second kappa shape index (κ2) is 3.96. The van der Waals surface area contributed by atoms with Gasteiger partial charge in [-0.3, -0.25) is 4.79 Å². The fourth-order valence-corrected chi connectivity index (χ4v) is 1.68. The highest BCUT2D eigenvalue weighted by molar-refractivity contribution is 6.27. The van der Waals surface area contributed by atoms with E-state index in [0.717, 1.165) is 6.42 Å². The highest BCUT2D eigenvalue weighted by atomic mass is 35.5. The van der Waals surface area contributed by atoms with Crippen molar-refractivity contribution in [3.8, 4) is 0 Å². The average Bonchev–Trinajstić information content (AvgIpc) is 2.37. The minimum absolute atomic E-state index is 0.0367. The predicted octanol–water partition coefficient (Wildman–Crippen LogP) is 1.53. The van der Waals surface area contributed by atoms with Crippen LogP contribution in [0, 0.1) is 5.92 Å². The highest BCUT2D eigenvalue weighted by Gasteiger charge is 2.23. The largest absolute Gasteiger partial charge is 0.352 e. The van der Waals surface area contributed by atoms with Crippen LogP contribution in [0.3, 0.4) is 0 Å². The first-order valence-corrected chi connectivity index (χ1v) is 4.63. The number of hydrogen-bond donors (Lipinski definition) is 1. The molecule has 0 radical (unpaired) electrons. The molecule has 2 unspecified atom stereocenters. The Balaban J connectivity index is 2.30. The van der Waals surface area contributed by atoms with E-state index in [1.165, 1.54) is 12.8 Å². The maximum atomic E-state index is 10.9. The molecule has 2 atom stereocenters. The van der Waals surface area contributed by atoms with Crippen molar-refractivity contribution in [2.75, 3.05) is 5.88 Å². The van der Waals surface area contributed by atoms with Crippen LogP contribution in [0.4, 0.5) is 0 Å². The van der Waals surface area contributed by atoms with Gasteiger partial charge in [0, 0.05) is 6.04 Å². The molecule has 0 aliphatic heterocycles. The third-order valence-corrected chi connectivity index (χ3v) is 2.57. The van der Waals surface area contributed by atoms with Gasteiger partial charge in [-0.2, -0.15) is 0 Å². The normalized spacial score (nSPS) is 30.4. The molecule has 0 aromatic rings. The summed E-state index contributed by atoms with van der Waals surface area (Å²) in [6.07, 6.45) is 3.57. The third-order valence-electron chi connectivity index (χ3n) is 2.33. The Hall–Kier alpha value is -0.240. The van der Waals surface area contributed by atoms with Crippen molar-refractivity contribution in [3.05, 3.63) is 0 Å². The van der Waals surface area contributed by atoms with Crippen LogP contribution in [0.25, 0.3) is 0 Å². The molecule has 1 aliphatic rings. The first kappa shape index (κ1) is 8.85. The fourth-order valence-electron chi connectivity index (χ4n) is 1.61. The number of carbonyl (C=O) groups is 1. The van der Waals surface area contributed by atoms with Crippen molar-refractivity contribution < 1.29 is 4.79 Å². The van der Waals surface area contributed by atoms with Gasteiger partial charge in [-0.1, -0.05) is 13.3 Å². The van der Waals surface area contributed by atoms with Gasteiger partial charge >= 0.3 is 0 Å². The number of rotatable bonds is 2. The molecule has 0 heterocycles. The number of hydrogen-bond acceptors (Lipinski definition) is 1. The van der Waals surface area contributed by atoms with Crippen molar-refractivity contribution in [2.24, 2.45) is 5.92 Å². The summed E-state index contributed by atoms with van der Waals surface area (Å²) in [5.74, 6) is 0.677. The standard InChI is InChI=1S/C8H14ClNO/c1-6-3-2-4-7(6)10-8(11)5-9/h6-7H,2-5H2,1H3,(H,10,11). The van der Waals surface area contributed by atoms with Crippen LogP contribution in [0.1, 0.15) is 26.2 Å². The van der Waals surface area contributed by atoms with Gasteiger partial charge in [0.2, 0.25) is 5.91 Å². The average molecular weight is 176 g/mol. The van der Waals surface area contributed by atoms with E-state index in [1.54, 1.807) is 0 Å². The Morgan fingerprint density at radius 1 is 1.64 bits per heavy atom. The lowest BCUT2D eigenvalue weighted by Gasteiger charge is -2.15. The van der Waals surface area contributed by atoms with Crippen LogP contribution < -0.4 is 5.32 Å². The van der Waals surface area contributed by atoms with Gasteiger partial charge in [-0.25, -0.2) is 0 Å². The molecule has 1 amide bonds. The number of carbonyl (C=O) groups excluding carboxylic acids is 1. The summed E-state index contributed by atoms with van der Waals surface area (Å²) in [6, 6.07) is 0.376. The minimum atomic E-state index is -0.0367. The van der Waals surface area contributed by atoms with Gasteiger partial charge in [-0.15, -0.1) is 11.6 Å². The van der Waals surface area contributed by atoms with Crippen LogP contribution in [0.15, 0.2) is 0 Å². The van der Waals surface area contributed by atoms with Gasteiger partial charge < -0.3 is 5.32 Å². The Bertz CT molecular complexity index is 149. The van der Waals surface area contributed by atoms with Crippen LogP contribution >= 0.6 is 11.6 Å². The summed E-state index contributed by atoms with van der Waals surface area (Å²) in [5, 5.41) is 2.91. The SMILES string of the molecule is CC1CCCC1NC(=O)CCl. The Kier molecular flexibility index (Phi) is 3.18. The Labute approximate surface area is 72.3 Å². The lowest BCUT2D eigenvalue weighted by atomic mass is 10.1. The summed E-state index contributed by atoms with van der Waals surface area (Å²) >= 11 is 5.37. The molecule has 0 aromatic carbocycles. The van der Waals surface area contributed by atoms with E-state index in [2.05, 4.69) is 12.2 Å². The zero-order valence-corrected chi connectivity index (χ0v) is 7.53. The number of amides is 1. The topological polar surface area (TPSA) is 29.1 Å². The second-order valence-electron chi connectivity index (χ2n) is 3.22. The maximum Gasteiger partial charge on any atom is 0.235 e. The maximum absolute atomic E-state index is 10.9. The molecule has 11 heavy (non-hydrogen) atoms. The molecule has 0 aromatic heterocycles. The first-order chi connectivity index (χ1) is 5.24. The van der Waals surface area contributed by atoms with Crippen LogP contribution in [0.5, 0.6) is 0 Å². The molecule has 0 spiro atoms. The molecule has 3 heteroatoms. The van der Waals surface area contributed by atoms with Gasteiger partial charge in [-0.05, 0) is 18.8 Å². The molecule has 1 fully saturated rings. The van der Waals surface area contributed by atoms with Crippen molar-refractivity contribution in [1.82, 2.24) is 5.32 Å². The monoisotopic (exact) mass is 175 g/mol. The van der Waals surface area contributed by atoms with Crippen molar-refractivity contribution >= 4 is 17.5 Å². The van der Waals surface area contributed by atoms with E-state index in [1.807, 2.05) is 0 Å². The zero-order valence-electron chi connectivity index (χ0n) is 6.77. The quantitative estimate of drug-likeness (QED) is 0.634. The molecule has 64 valence electrons. The van der Waals surface area contributed by atoms with Gasteiger partial charge in [0.1, 0.15) is 5.88 Å². The first-order valence-electron chi connectivity index (χ1n) is 4.09. The second-order valence-corrected chi connectivity index (χ2v) is 3.48. The summed E-state index contributed by atoms with van der Waals surface area (Å²) in [4.78, 5) is 10.9. The number of alkyl halides is 1. The van der Waals surface area contributed by atoms with E-state index in [9.17, 15) is 4.79 Å². The van der Waals surface area contributed by atoms with E-state index in [-0.39, 0.29) is 11.8 Å². The zero-order chi connectivity index (χ0) is 8.27. The van der Waals surface area contributed by atoms with E-state index in [4.69, 9.17) is 11.6 Å². The van der Waals surface area contributed by atoms with E-state index >= 15 is 0 Å². The van der Waals surface area contributed by atoms with Crippen LogP contribution in [-0.2, 0) is 4.79 Å². The summed E-state index contributed by atoms with van der Waals surface area (Å²) < 4.78 is 0.